The molecule has 0 saturated heterocycles. The quantitative estimate of drug-likeness (QED) is 0.441. The Balaban J connectivity index is 3.26. The van der Waals surface area contributed by atoms with Crippen LogP contribution in [0.1, 0.15) is 47.0 Å². The van der Waals surface area contributed by atoms with Crippen LogP contribution in [0.2, 0.25) is 0 Å². The van der Waals surface area contributed by atoms with E-state index in [0.717, 1.165) is 19.3 Å². The normalized spacial score (nSPS) is 30.3. The highest BCUT2D eigenvalue weighted by molar-refractivity contribution is 5.69. The molecule has 0 aromatic rings. The zero-order chi connectivity index (χ0) is 14.0. The van der Waals surface area contributed by atoms with Crippen molar-refractivity contribution in [1.82, 2.24) is 0 Å². The van der Waals surface area contributed by atoms with Crippen LogP contribution < -0.4 is 0 Å². The molecular formula is C14H22O4. The molecular weight excluding hydrogens is 232 g/mol. The number of carbonyl (C=O) groups excluding carboxylic acids is 2. The van der Waals surface area contributed by atoms with Crippen molar-refractivity contribution in [3.05, 3.63) is 12.7 Å². The molecule has 0 heterocycles. The van der Waals surface area contributed by atoms with Gasteiger partial charge in [0, 0.05) is 19.8 Å². The second-order valence-electron chi connectivity index (χ2n) is 5.27. The number of rotatable bonds is 3. The predicted molar refractivity (Wildman–Crippen MR) is 67.6 cm³/mol. The van der Waals surface area contributed by atoms with Gasteiger partial charge >= 0.3 is 11.9 Å². The smallest absolute Gasteiger partial charge is 0.305 e. The van der Waals surface area contributed by atoms with E-state index in [9.17, 15) is 9.59 Å². The second kappa shape index (κ2) is 5.12. The van der Waals surface area contributed by atoms with Crippen molar-refractivity contribution < 1.29 is 19.1 Å². The molecule has 0 amide bonds. The monoisotopic (exact) mass is 254 g/mol. The van der Waals surface area contributed by atoms with E-state index in [4.69, 9.17) is 9.47 Å². The number of hydrogen-bond donors (Lipinski definition) is 0. The first kappa shape index (κ1) is 14.7. The van der Waals surface area contributed by atoms with Crippen molar-refractivity contribution in [3.63, 3.8) is 0 Å². The Morgan fingerprint density at radius 1 is 1.28 bits per heavy atom. The Bertz CT molecular complexity index is 345. The third-order valence-corrected chi connectivity index (χ3v) is 3.82. The largest absolute Gasteiger partial charge is 0.421 e. The first-order valence-electron chi connectivity index (χ1n) is 6.30. The lowest BCUT2D eigenvalue weighted by atomic mass is 9.66. The van der Waals surface area contributed by atoms with Gasteiger partial charge in [-0.3, -0.25) is 9.59 Å². The van der Waals surface area contributed by atoms with E-state index >= 15 is 0 Å². The summed E-state index contributed by atoms with van der Waals surface area (Å²) >= 11 is 0. The van der Waals surface area contributed by atoms with Crippen LogP contribution in [0.5, 0.6) is 0 Å². The van der Waals surface area contributed by atoms with Gasteiger partial charge in [-0.15, -0.1) is 6.58 Å². The third-order valence-electron chi connectivity index (χ3n) is 3.82. The van der Waals surface area contributed by atoms with Gasteiger partial charge in [-0.25, -0.2) is 0 Å². The molecule has 1 saturated carbocycles. The summed E-state index contributed by atoms with van der Waals surface area (Å²) in [5, 5.41) is 0. The summed E-state index contributed by atoms with van der Waals surface area (Å²) in [7, 11) is 0. The van der Waals surface area contributed by atoms with Crippen LogP contribution in [0, 0.1) is 11.3 Å². The fourth-order valence-corrected chi connectivity index (χ4v) is 2.83. The van der Waals surface area contributed by atoms with Crippen LogP contribution >= 0.6 is 0 Å². The Morgan fingerprint density at radius 3 is 2.17 bits per heavy atom. The van der Waals surface area contributed by atoms with E-state index < -0.39 is 23.1 Å². The molecule has 1 rings (SSSR count). The molecule has 0 aliphatic heterocycles. The molecule has 18 heavy (non-hydrogen) atoms. The summed E-state index contributed by atoms with van der Waals surface area (Å²) in [4.78, 5) is 22.8. The maximum Gasteiger partial charge on any atom is 0.305 e. The molecule has 1 aliphatic rings. The topological polar surface area (TPSA) is 52.6 Å². The van der Waals surface area contributed by atoms with E-state index in [2.05, 4.69) is 6.58 Å². The summed E-state index contributed by atoms with van der Waals surface area (Å²) in [6.07, 6.45) is 4.36. The van der Waals surface area contributed by atoms with Gasteiger partial charge in [-0.2, -0.15) is 0 Å². The van der Waals surface area contributed by atoms with Gasteiger partial charge in [0.2, 0.25) is 0 Å². The maximum atomic E-state index is 11.4. The molecule has 1 aliphatic carbocycles. The fraction of sp³-hybridized carbons (Fsp3) is 0.714. The fourth-order valence-electron chi connectivity index (χ4n) is 2.83. The minimum atomic E-state index is -1.23. The molecule has 2 unspecified atom stereocenters. The van der Waals surface area contributed by atoms with Crippen molar-refractivity contribution in [2.45, 2.75) is 52.7 Å². The van der Waals surface area contributed by atoms with Crippen molar-refractivity contribution in [3.8, 4) is 0 Å². The lowest BCUT2D eigenvalue weighted by molar-refractivity contribution is -0.290. The highest BCUT2D eigenvalue weighted by Crippen LogP contribution is 2.51. The zero-order valence-electron chi connectivity index (χ0n) is 11.6. The standard InChI is InChI=1S/C14H22O4/c1-6-13(5)9-7-8-10(2)14(13,17-11(3)15)18-12(4)16/h6,10H,1,7-9H2,2-5H3. The minimum absolute atomic E-state index is 0.0537. The summed E-state index contributed by atoms with van der Waals surface area (Å²) in [6.45, 7) is 10.3. The van der Waals surface area contributed by atoms with Crippen molar-refractivity contribution in [2.24, 2.45) is 11.3 Å². The molecule has 0 aromatic heterocycles. The van der Waals surface area contributed by atoms with Gasteiger partial charge in [-0.05, 0) is 19.8 Å². The van der Waals surface area contributed by atoms with Crippen LogP contribution in [0.4, 0.5) is 0 Å². The van der Waals surface area contributed by atoms with Crippen LogP contribution in [0.25, 0.3) is 0 Å². The van der Waals surface area contributed by atoms with E-state index in [1.165, 1.54) is 13.8 Å². The van der Waals surface area contributed by atoms with E-state index in [0.29, 0.717) is 0 Å². The van der Waals surface area contributed by atoms with Crippen LogP contribution in [0.15, 0.2) is 12.7 Å². The molecule has 0 radical (unpaired) electrons. The number of ether oxygens (including phenoxy) is 2. The molecule has 0 N–H and O–H groups in total. The van der Waals surface area contributed by atoms with E-state index in [1.807, 2.05) is 13.8 Å². The number of hydrogen-bond acceptors (Lipinski definition) is 4. The molecule has 0 bridgehead atoms. The van der Waals surface area contributed by atoms with Gasteiger partial charge in [-0.1, -0.05) is 19.4 Å². The SMILES string of the molecule is C=CC1(C)CCCC(C)C1(OC(C)=O)OC(C)=O. The summed E-state index contributed by atoms with van der Waals surface area (Å²) < 4.78 is 10.9. The molecule has 0 spiro atoms. The molecule has 2 atom stereocenters. The van der Waals surface area contributed by atoms with Gasteiger partial charge in [0.15, 0.2) is 0 Å². The molecule has 4 heteroatoms. The lowest BCUT2D eigenvalue weighted by Gasteiger charge is -2.51. The van der Waals surface area contributed by atoms with Crippen LogP contribution in [-0.4, -0.2) is 17.7 Å². The van der Waals surface area contributed by atoms with Crippen molar-refractivity contribution in [1.29, 1.82) is 0 Å². The summed E-state index contributed by atoms with van der Waals surface area (Å²) in [5.41, 5.74) is -0.554. The van der Waals surface area contributed by atoms with Crippen LogP contribution in [0.3, 0.4) is 0 Å². The van der Waals surface area contributed by atoms with Gasteiger partial charge in [0.05, 0.1) is 5.41 Å². The molecule has 0 aromatic carbocycles. The third kappa shape index (κ3) is 2.42. The predicted octanol–water partition coefficient (Wildman–Crippen LogP) is 2.82. The van der Waals surface area contributed by atoms with E-state index in [1.54, 1.807) is 6.08 Å². The summed E-state index contributed by atoms with van der Waals surface area (Å²) in [6, 6.07) is 0. The van der Waals surface area contributed by atoms with Gasteiger partial charge in [0.25, 0.3) is 5.79 Å². The summed E-state index contributed by atoms with van der Waals surface area (Å²) in [5.74, 6) is -2.18. The Labute approximate surface area is 108 Å². The average molecular weight is 254 g/mol. The first-order valence-corrected chi connectivity index (χ1v) is 6.30. The Morgan fingerprint density at radius 2 is 1.78 bits per heavy atom. The highest BCUT2D eigenvalue weighted by atomic mass is 16.7. The Hall–Kier alpha value is -1.32. The van der Waals surface area contributed by atoms with E-state index in [-0.39, 0.29) is 5.92 Å². The minimum Gasteiger partial charge on any atom is -0.421 e. The molecule has 4 nitrogen and oxygen atoms in total. The Kier molecular flexibility index (Phi) is 4.20. The van der Waals surface area contributed by atoms with Gasteiger partial charge < -0.3 is 9.47 Å². The lowest BCUT2D eigenvalue weighted by Crippen LogP contribution is -2.58. The van der Waals surface area contributed by atoms with Gasteiger partial charge in [0.1, 0.15) is 0 Å². The number of esters is 2. The average Bonchev–Trinajstić information content (AvgIpc) is 2.24. The van der Waals surface area contributed by atoms with Crippen molar-refractivity contribution >= 4 is 11.9 Å². The maximum absolute atomic E-state index is 11.4. The molecule has 102 valence electrons. The zero-order valence-corrected chi connectivity index (χ0v) is 11.6. The first-order chi connectivity index (χ1) is 8.27. The highest BCUT2D eigenvalue weighted by Gasteiger charge is 2.58. The van der Waals surface area contributed by atoms with Crippen LogP contribution in [-0.2, 0) is 19.1 Å². The number of carbonyl (C=O) groups is 2. The van der Waals surface area contributed by atoms with Crippen molar-refractivity contribution in [2.75, 3.05) is 0 Å². The molecule has 1 fully saturated rings. The second-order valence-corrected chi connectivity index (χ2v) is 5.27.